The third kappa shape index (κ3) is 52.7. The zero-order chi connectivity index (χ0) is 47.2. The van der Waals surface area contributed by atoms with Crippen LogP contribution in [0.15, 0.2) is 24.3 Å². The lowest BCUT2D eigenvalue weighted by atomic mass is 10.0. The van der Waals surface area contributed by atoms with E-state index >= 15 is 0 Å². The van der Waals surface area contributed by atoms with Gasteiger partial charge in [-0.2, -0.15) is 0 Å². The lowest BCUT2D eigenvalue weighted by Gasteiger charge is -2.18. The van der Waals surface area contributed by atoms with Crippen LogP contribution in [0.2, 0.25) is 0 Å². The highest BCUT2D eigenvalue weighted by atomic mass is 16.6. The minimum atomic E-state index is -0.769. The maximum absolute atomic E-state index is 12.8. The van der Waals surface area contributed by atoms with Gasteiger partial charge in [0.25, 0.3) is 0 Å². The second-order valence-corrected chi connectivity index (χ2v) is 19.6. The minimum absolute atomic E-state index is 0.0681. The van der Waals surface area contributed by atoms with E-state index in [2.05, 4.69) is 45.1 Å². The van der Waals surface area contributed by atoms with Crippen LogP contribution in [0.5, 0.6) is 0 Å². The molecule has 0 saturated heterocycles. The zero-order valence-corrected chi connectivity index (χ0v) is 43.8. The molecule has 0 radical (unpaired) electrons. The van der Waals surface area contributed by atoms with Crippen LogP contribution in [0.3, 0.4) is 0 Å². The van der Waals surface area contributed by atoms with Gasteiger partial charge < -0.3 is 14.2 Å². The summed E-state index contributed by atoms with van der Waals surface area (Å²) >= 11 is 0. The number of ether oxygens (including phenoxy) is 3. The van der Waals surface area contributed by atoms with Gasteiger partial charge in [0, 0.05) is 19.3 Å². The molecule has 6 heteroatoms. The summed E-state index contributed by atoms with van der Waals surface area (Å²) in [6.45, 7) is 6.66. The van der Waals surface area contributed by atoms with E-state index in [9.17, 15) is 14.4 Å². The molecule has 0 saturated carbocycles. The molecule has 0 aliphatic carbocycles. The van der Waals surface area contributed by atoms with E-state index in [1.54, 1.807) is 0 Å². The number of unbranched alkanes of at least 4 members (excludes halogenated alkanes) is 38. The Labute approximate surface area is 404 Å². The summed E-state index contributed by atoms with van der Waals surface area (Å²) in [4.78, 5) is 38.1. The summed E-state index contributed by atoms with van der Waals surface area (Å²) < 4.78 is 16.9. The van der Waals surface area contributed by atoms with Crippen molar-refractivity contribution in [3.05, 3.63) is 24.3 Å². The lowest BCUT2D eigenvalue weighted by Crippen LogP contribution is -2.30. The standard InChI is InChI=1S/C59H110O6/c1-4-7-10-13-16-19-22-25-27-29-31-34-37-40-43-46-49-52-58(61)64-55-56(54-63-57(60)51-48-45-42-39-36-33-24-21-18-15-12-9-6-3)65-59(62)53-50-47-44-41-38-35-32-30-28-26-23-20-17-14-11-8-5-2/h16,19,25,27,56H,4-15,17-18,20-24,26,28-55H2,1-3H3/b19-16-,27-25-/t56-/m1/s1. The van der Waals surface area contributed by atoms with Gasteiger partial charge in [-0.1, -0.05) is 270 Å². The quantitative estimate of drug-likeness (QED) is 0.0262. The van der Waals surface area contributed by atoms with E-state index in [4.69, 9.17) is 14.2 Å². The fourth-order valence-corrected chi connectivity index (χ4v) is 8.59. The maximum Gasteiger partial charge on any atom is 0.306 e. The van der Waals surface area contributed by atoms with E-state index in [1.807, 2.05) is 0 Å². The van der Waals surface area contributed by atoms with Crippen LogP contribution in [0.25, 0.3) is 0 Å². The van der Waals surface area contributed by atoms with Gasteiger partial charge in [0.2, 0.25) is 0 Å². The number of esters is 3. The highest BCUT2D eigenvalue weighted by Crippen LogP contribution is 2.17. The molecule has 6 nitrogen and oxygen atoms in total. The van der Waals surface area contributed by atoms with Gasteiger partial charge in [0.15, 0.2) is 6.10 Å². The molecule has 0 aromatic rings. The Morgan fingerprint density at radius 3 is 0.877 bits per heavy atom. The van der Waals surface area contributed by atoms with Crippen molar-refractivity contribution in [1.29, 1.82) is 0 Å². The van der Waals surface area contributed by atoms with Gasteiger partial charge >= 0.3 is 17.9 Å². The van der Waals surface area contributed by atoms with Crippen LogP contribution in [0.4, 0.5) is 0 Å². The number of hydrogen-bond donors (Lipinski definition) is 0. The largest absolute Gasteiger partial charge is 0.462 e. The third-order valence-corrected chi connectivity index (χ3v) is 13.0. The Morgan fingerprint density at radius 1 is 0.308 bits per heavy atom. The Kier molecular flexibility index (Phi) is 52.7. The van der Waals surface area contributed by atoms with E-state index in [-0.39, 0.29) is 31.1 Å². The smallest absolute Gasteiger partial charge is 0.306 e. The summed E-state index contributed by atoms with van der Waals surface area (Å²) in [6.07, 6.45) is 63.0. The first-order valence-electron chi connectivity index (χ1n) is 28.8. The molecular weight excluding hydrogens is 805 g/mol. The van der Waals surface area contributed by atoms with E-state index in [1.165, 1.54) is 205 Å². The van der Waals surface area contributed by atoms with Gasteiger partial charge in [0.05, 0.1) is 0 Å². The summed E-state index contributed by atoms with van der Waals surface area (Å²) in [7, 11) is 0. The van der Waals surface area contributed by atoms with E-state index in [0.717, 1.165) is 70.6 Å². The van der Waals surface area contributed by atoms with Gasteiger partial charge in [-0.15, -0.1) is 0 Å². The highest BCUT2D eigenvalue weighted by molar-refractivity contribution is 5.71. The van der Waals surface area contributed by atoms with Crippen LogP contribution in [0.1, 0.15) is 316 Å². The average molecular weight is 916 g/mol. The summed E-state index contributed by atoms with van der Waals surface area (Å²) in [5.41, 5.74) is 0. The first-order chi connectivity index (χ1) is 32.0. The molecule has 0 unspecified atom stereocenters. The first-order valence-corrected chi connectivity index (χ1v) is 28.8. The molecule has 0 fully saturated rings. The Hall–Kier alpha value is -2.11. The summed E-state index contributed by atoms with van der Waals surface area (Å²) in [6, 6.07) is 0. The molecule has 0 amide bonds. The fraction of sp³-hybridized carbons (Fsp3) is 0.881. The minimum Gasteiger partial charge on any atom is -0.462 e. The van der Waals surface area contributed by atoms with Crippen LogP contribution in [-0.4, -0.2) is 37.2 Å². The van der Waals surface area contributed by atoms with Crippen molar-refractivity contribution in [2.75, 3.05) is 13.2 Å². The molecule has 1 atom stereocenters. The number of hydrogen-bond acceptors (Lipinski definition) is 6. The van der Waals surface area contributed by atoms with Crippen LogP contribution in [-0.2, 0) is 28.6 Å². The molecule has 0 N–H and O–H groups in total. The first kappa shape index (κ1) is 62.9. The van der Waals surface area contributed by atoms with E-state index < -0.39 is 6.10 Å². The lowest BCUT2D eigenvalue weighted by molar-refractivity contribution is -0.167. The van der Waals surface area contributed by atoms with Crippen LogP contribution < -0.4 is 0 Å². The second kappa shape index (κ2) is 54.5. The van der Waals surface area contributed by atoms with Crippen molar-refractivity contribution < 1.29 is 28.6 Å². The van der Waals surface area contributed by atoms with Gasteiger partial charge in [-0.25, -0.2) is 0 Å². The Morgan fingerprint density at radius 2 is 0.554 bits per heavy atom. The van der Waals surface area contributed by atoms with Crippen molar-refractivity contribution >= 4 is 17.9 Å². The Bertz CT molecular complexity index is 1050. The van der Waals surface area contributed by atoms with Gasteiger partial charge in [0.1, 0.15) is 13.2 Å². The number of carbonyl (C=O) groups is 3. The molecule has 0 aliphatic heterocycles. The van der Waals surface area contributed by atoms with Crippen molar-refractivity contribution in [2.24, 2.45) is 0 Å². The van der Waals surface area contributed by atoms with Crippen LogP contribution in [0, 0.1) is 0 Å². The Balaban J connectivity index is 4.33. The van der Waals surface area contributed by atoms with Crippen molar-refractivity contribution in [3.8, 4) is 0 Å². The average Bonchev–Trinajstić information content (AvgIpc) is 3.30. The maximum atomic E-state index is 12.8. The van der Waals surface area contributed by atoms with Crippen molar-refractivity contribution in [3.63, 3.8) is 0 Å². The molecule has 0 bridgehead atoms. The SMILES string of the molecule is CCCCC/C=C\C/C=C\CCCCCCCCCC(=O)OC[C@@H](COC(=O)CCCCCCCCCCCCCCC)OC(=O)CCCCCCCCCCCCCCCCCCC. The molecule has 382 valence electrons. The molecule has 0 aromatic heterocycles. The molecule has 0 aromatic carbocycles. The predicted octanol–water partition coefficient (Wildman–Crippen LogP) is 19.1. The molecule has 65 heavy (non-hydrogen) atoms. The predicted molar refractivity (Wildman–Crippen MR) is 279 cm³/mol. The number of rotatable bonds is 53. The molecular formula is C59H110O6. The number of allylic oxidation sites excluding steroid dienone is 4. The normalized spacial score (nSPS) is 12.1. The molecule has 0 spiro atoms. The monoisotopic (exact) mass is 915 g/mol. The van der Waals surface area contributed by atoms with E-state index in [0.29, 0.717) is 19.3 Å². The van der Waals surface area contributed by atoms with Crippen molar-refractivity contribution in [1.82, 2.24) is 0 Å². The summed E-state index contributed by atoms with van der Waals surface area (Å²) in [5, 5.41) is 0. The van der Waals surface area contributed by atoms with Crippen LogP contribution >= 0.6 is 0 Å². The molecule has 0 aliphatic rings. The highest BCUT2D eigenvalue weighted by Gasteiger charge is 2.19. The molecule has 0 rings (SSSR count). The van der Waals surface area contributed by atoms with Gasteiger partial charge in [-0.3, -0.25) is 14.4 Å². The number of carbonyl (C=O) groups excluding carboxylic acids is 3. The zero-order valence-electron chi connectivity index (χ0n) is 43.8. The summed E-state index contributed by atoms with van der Waals surface area (Å²) in [5.74, 6) is -0.855. The third-order valence-electron chi connectivity index (χ3n) is 13.0. The van der Waals surface area contributed by atoms with Gasteiger partial charge in [-0.05, 0) is 51.4 Å². The molecule has 0 heterocycles. The fourth-order valence-electron chi connectivity index (χ4n) is 8.59. The van der Waals surface area contributed by atoms with Crippen molar-refractivity contribution in [2.45, 2.75) is 322 Å². The second-order valence-electron chi connectivity index (χ2n) is 19.6. The topological polar surface area (TPSA) is 78.9 Å².